The largest absolute Gasteiger partial charge is 0.359 e. The monoisotopic (exact) mass is 428 g/mol. The molecule has 1 N–H and O–H groups in total. The van der Waals surface area contributed by atoms with Crippen molar-refractivity contribution < 1.29 is 9.59 Å². The van der Waals surface area contributed by atoms with E-state index >= 15 is 0 Å². The number of pyridine rings is 2. The Hall–Kier alpha value is -3.54. The number of carbonyl (C=O) groups is 2. The van der Waals surface area contributed by atoms with E-state index in [0.29, 0.717) is 25.9 Å². The first-order valence-electron chi connectivity index (χ1n) is 11.0. The molecule has 1 aliphatic heterocycles. The van der Waals surface area contributed by atoms with Gasteiger partial charge >= 0.3 is 0 Å². The normalized spacial score (nSPS) is 18.2. The molecular formula is C26H28N4O2. The second kappa shape index (κ2) is 9.73. The summed E-state index contributed by atoms with van der Waals surface area (Å²) in [7, 11) is 1.67. The van der Waals surface area contributed by atoms with Gasteiger partial charge in [0, 0.05) is 44.9 Å². The maximum Gasteiger partial charge on any atom is 0.228 e. The number of nitrogens with one attached hydrogen (secondary N) is 1. The summed E-state index contributed by atoms with van der Waals surface area (Å²) in [4.78, 5) is 36.3. The highest BCUT2D eigenvalue weighted by Crippen LogP contribution is 2.35. The molecule has 6 heteroatoms. The molecule has 0 bridgehead atoms. The quantitative estimate of drug-likeness (QED) is 0.654. The molecule has 1 saturated heterocycles. The lowest BCUT2D eigenvalue weighted by Gasteiger charge is -2.41. The molecule has 0 aliphatic carbocycles. The van der Waals surface area contributed by atoms with E-state index in [0.717, 1.165) is 35.1 Å². The SMILES string of the molecule is CNC(=O)[C@@]1(Cc2cccc(-c3cccnc3)c2)CCCN(C(=O)Cc2cccnc2)C1. The highest BCUT2D eigenvalue weighted by molar-refractivity contribution is 5.85. The molecule has 4 rings (SSSR count). The summed E-state index contributed by atoms with van der Waals surface area (Å²) < 4.78 is 0. The van der Waals surface area contributed by atoms with E-state index in [9.17, 15) is 9.59 Å². The van der Waals surface area contributed by atoms with Crippen molar-refractivity contribution in [3.63, 3.8) is 0 Å². The number of carbonyl (C=O) groups excluding carboxylic acids is 2. The van der Waals surface area contributed by atoms with Crippen molar-refractivity contribution in [2.75, 3.05) is 20.1 Å². The van der Waals surface area contributed by atoms with Gasteiger partial charge in [0.25, 0.3) is 0 Å². The van der Waals surface area contributed by atoms with E-state index < -0.39 is 5.41 Å². The van der Waals surface area contributed by atoms with Crippen LogP contribution in [0.3, 0.4) is 0 Å². The summed E-state index contributed by atoms with van der Waals surface area (Å²) in [6, 6.07) is 15.9. The number of amides is 2. The molecule has 3 heterocycles. The predicted octanol–water partition coefficient (Wildman–Crippen LogP) is 3.28. The van der Waals surface area contributed by atoms with E-state index in [2.05, 4.69) is 33.5 Å². The van der Waals surface area contributed by atoms with Gasteiger partial charge in [0.15, 0.2) is 0 Å². The minimum absolute atomic E-state index is 0.0110. The van der Waals surface area contributed by atoms with Crippen molar-refractivity contribution in [3.8, 4) is 11.1 Å². The van der Waals surface area contributed by atoms with Gasteiger partial charge in [-0.05, 0) is 53.6 Å². The first kappa shape index (κ1) is 21.7. The summed E-state index contributed by atoms with van der Waals surface area (Å²) >= 11 is 0. The van der Waals surface area contributed by atoms with E-state index in [-0.39, 0.29) is 11.8 Å². The van der Waals surface area contributed by atoms with Crippen LogP contribution in [0.15, 0.2) is 73.3 Å². The van der Waals surface area contributed by atoms with Crippen LogP contribution in [0, 0.1) is 5.41 Å². The number of piperidine rings is 1. The maximum absolute atomic E-state index is 13.1. The second-order valence-electron chi connectivity index (χ2n) is 8.44. The van der Waals surface area contributed by atoms with Gasteiger partial charge in [-0.3, -0.25) is 19.6 Å². The smallest absolute Gasteiger partial charge is 0.228 e. The van der Waals surface area contributed by atoms with Gasteiger partial charge in [0.1, 0.15) is 0 Å². The van der Waals surface area contributed by atoms with Gasteiger partial charge in [0.05, 0.1) is 11.8 Å². The number of benzene rings is 1. The molecule has 32 heavy (non-hydrogen) atoms. The van der Waals surface area contributed by atoms with E-state index in [1.165, 1.54) is 0 Å². The molecule has 1 atom stereocenters. The third-order valence-corrected chi connectivity index (χ3v) is 6.18. The Morgan fingerprint density at radius 2 is 1.75 bits per heavy atom. The molecule has 1 fully saturated rings. The summed E-state index contributed by atoms with van der Waals surface area (Å²) in [5, 5.41) is 2.85. The summed E-state index contributed by atoms with van der Waals surface area (Å²) in [6.45, 7) is 1.09. The van der Waals surface area contributed by atoms with Crippen molar-refractivity contribution in [3.05, 3.63) is 84.4 Å². The zero-order valence-corrected chi connectivity index (χ0v) is 18.3. The minimum Gasteiger partial charge on any atom is -0.359 e. The number of rotatable bonds is 6. The van der Waals surface area contributed by atoms with Crippen molar-refractivity contribution in [2.24, 2.45) is 5.41 Å². The summed E-state index contributed by atoms with van der Waals surface area (Å²) in [6.07, 6.45) is 9.45. The molecule has 2 aromatic heterocycles. The van der Waals surface area contributed by atoms with E-state index in [1.54, 1.807) is 25.6 Å². The Morgan fingerprint density at radius 3 is 2.47 bits per heavy atom. The van der Waals surface area contributed by atoms with Crippen molar-refractivity contribution in [1.82, 2.24) is 20.2 Å². The van der Waals surface area contributed by atoms with Crippen molar-refractivity contribution in [2.45, 2.75) is 25.7 Å². The van der Waals surface area contributed by atoms with Crippen molar-refractivity contribution in [1.29, 1.82) is 0 Å². The zero-order valence-electron chi connectivity index (χ0n) is 18.3. The maximum atomic E-state index is 13.1. The average molecular weight is 429 g/mol. The molecule has 0 radical (unpaired) electrons. The van der Waals surface area contributed by atoms with Crippen LogP contribution in [0.5, 0.6) is 0 Å². The van der Waals surface area contributed by atoms with E-state index in [1.807, 2.05) is 41.4 Å². The lowest BCUT2D eigenvalue weighted by atomic mass is 9.74. The van der Waals surface area contributed by atoms with Gasteiger partial charge in [0.2, 0.25) is 11.8 Å². The zero-order chi connectivity index (χ0) is 22.4. The number of likely N-dealkylation sites (tertiary alicyclic amines) is 1. The van der Waals surface area contributed by atoms with E-state index in [4.69, 9.17) is 0 Å². The molecule has 1 aromatic carbocycles. The van der Waals surface area contributed by atoms with Crippen LogP contribution < -0.4 is 5.32 Å². The molecule has 2 amide bonds. The molecule has 0 unspecified atom stereocenters. The fourth-order valence-corrected chi connectivity index (χ4v) is 4.59. The number of aromatic nitrogens is 2. The molecule has 6 nitrogen and oxygen atoms in total. The fraction of sp³-hybridized carbons (Fsp3) is 0.308. The third kappa shape index (κ3) is 4.85. The Balaban J connectivity index is 1.56. The van der Waals surface area contributed by atoms with Crippen LogP contribution in [-0.2, 0) is 22.4 Å². The summed E-state index contributed by atoms with van der Waals surface area (Å²) in [5.41, 5.74) is 3.43. The summed E-state index contributed by atoms with van der Waals surface area (Å²) in [5.74, 6) is 0.0262. The molecule has 3 aromatic rings. The Labute approximate surface area is 188 Å². The van der Waals surface area contributed by atoms with Gasteiger partial charge in [-0.25, -0.2) is 0 Å². The number of hydrogen-bond acceptors (Lipinski definition) is 4. The third-order valence-electron chi connectivity index (χ3n) is 6.18. The van der Waals surface area contributed by atoms with Crippen LogP contribution in [-0.4, -0.2) is 46.8 Å². The predicted molar refractivity (Wildman–Crippen MR) is 124 cm³/mol. The van der Waals surface area contributed by atoms with Crippen LogP contribution in [0.4, 0.5) is 0 Å². The topological polar surface area (TPSA) is 75.2 Å². The number of nitrogens with zero attached hydrogens (tertiary/aromatic N) is 3. The first-order chi connectivity index (χ1) is 15.6. The Kier molecular flexibility index (Phi) is 6.59. The lowest BCUT2D eigenvalue weighted by Crippen LogP contribution is -2.54. The molecular weight excluding hydrogens is 400 g/mol. The molecule has 1 aliphatic rings. The fourth-order valence-electron chi connectivity index (χ4n) is 4.59. The van der Waals surface area contributed by atoms with Crippen LogP contribution in [0.1, 0.15) is 24.0 Å². The lowest BCUT2D eigenvalue weighted by molar-refractivity contribution is -0.141. The molecule has 0 saturated carbocycles. The highest BCUT2D eigenvalue weighted by atomic mass is 16.2. The van der Waals surface area contributed by atoms with Gasteiger partial charge < -0.3 is 10.2 Å². The van der Waals surface area contributed by atoms with Crippen LogP contribution in [0.2, 0.25) is 0 Å². The first-order valence-corrected chi connectivity index (χ1v) is 11.0. The standard InChI is InChI=1S/C26H28N4O2/c1-27-25(32)26(16-20-6-2-8-22(14-20)23-9-4-12-29-18-23)10-5-13-30(19-26)24(31)15-21-7-3-11-28-17-21/h2-4,6-9,11-12,14,17-18H,5,10,13,15-16,19H2,1H3,(H,27,32)/t26-/m1/s1. The number of hydrogen-bond donors (Lipinski definition) is 1. The second-order valence-corrected chi connectivity index (χ2v) is 8.44. The molecule has 164 valence electrons. The Bertz CT molecular complexity index is 1070. The van der Waals surface area contributed by atoms with Gasteiger partial charge in [-0.1, -0.05) is 36.4 Å². The van der Waals surface area contributed by atoms with Crippen LogP contribution >= 0.6 is 0 Å². The van der Waals surface area contributed by atoms with Crippen LogP contribution in [0.25, 0.3) is 11.1 Å². The van der Waals surface area contributed by atoms with Gasteiger partial charge in [-0.15, -0.1) is 0 Å². The average Bonchev–Trinajstić information content (AvgIpc) is 2.85. The van der Waals surface area contributed by atoms with Crippen molar-refractivity contribution >= 4 is 11.8 Å². The molecule has 0 spiro atoms. The highest BCUT2D eigenvalue weighted by Gasteiger charge is 2.43. The Morgan fingerprint density at radius 1 is 1.00 bits per heavy atom. The van der Waals surface area contributed by atoms with Gasteiger partial charge in [-0.2, -0.15) is 0 Å². The minimum atomic E-state index is -0.648.